The lowest BCUT2D eigenvalue weighted by Crippen LogP contribution is -2.52. The lowest BCUT2D eigenvalue weighted by molar-refractivity contribution is -0.925. The first kappa shape index (κ1) is 28.1. The first-order valence-electron chi connectivity index (χ1n) is 12.4. The van der Waals surface area contributed by atoms with Crippen LogP contribution in [0.1, 0.15) is 76.1 Å². The van der Waals surface area contributed by atoms with Gasteiger partial charge in [0, 0.05) is 0 Å². The Morgan fingerprint density at radius 2 is 0.938 bits per heavy atom. The fourth-order valence-electron chi connectivity index (χ4n) is 4.61. The predicted molar refractivity (Wildman–Crippen MR) is 130 cm³/mol. The van der Waals surface area contributed by atoms with Gasteiger partial charge in [0.05, 0.1) is 50.4 Å². The monoisotopic (exact) mass is 450 g/mol. The summed E-state index contributed by atoms with van der Waals surface area (Å²) in [5, 5.41) is 0. The summed E-state index contributed by atoms with van der Waals surface area (Å²) in [5.74, 6) is -0.945. The molecule has 0 saturated heterocycles. The van der Waals surface area contributed by atoms with Gasteiger partial charge < -0.3 is 18.4 Å². The highest BCUT2D eigenvalue weighted by Crippen LogP contribution is 2.17. The van der Waals surface area contributed by atoms with E-state index >= 15 is 0 Å². The summed E-state index contributed by atoms with van der Waals surface area (Å²) in [5.41, 5.74) is 0.530. The van der Waals surface area contributed by atoms with E-state index in [1.54, 1.807) is 24.3 Å². The molecule has 182 valence electrons. The van der Waals surface area contributed by atoms with Crippen molar-refractivity contribution in [2.24, 2.45) is 0 Å². The Morgan fingerprint density at radius 3 is 1.19 bits per heavy atom. The third-order valence-corrected chi connectivity index (χ3v) is 7.30. The molecule has 0 heterocycles. The quantitative estimate of drug-likeness (QED) is 0.309. The molecule has 0 N–H and O–H groups in total. The van der Waals surface area contributed by atoms with E-state index in [9.17, 15) is 9.59 Å². The molecular weight excluding hydrogens is 404 g/mol. The number of nitrogens with zero attached hydrogens (tertiary/aromatic N) is 2. The highest BCUT2D eigenvalue weighted by molar-refractivity contribution is 6.03. The van der Waals surface area contributed by atoms with Gasteiger partial charge in [-0.25, -0.2) is 9.59 Å². The normalized spacial score (nSPS) is 14.0. The number of benzene rings is 1. The van der Waals surface area contributed by atoms with Gasteiger partial charge in [-0.1, -0.05) is 12.1 Å². The zero-order valence-corrected chi connectivity index (χ0v) is 21.6. The van der Waals surface area contributed by atoms with E-state index in [4.69, 9.17) is 9.47 Å². The molecule has 0 fully saturated rings. The van der Waals surface area contributed by atoms with Gasteiger partial charge in [0.25, 0.3) is 0 Å². The van der Waals surface area contributed by atoms with E-state index in [1.807, 2.05) is 13.8 Å². The zero-order chi connectivity index (χ0) is 24.4. The number of esters is 2. The van der Waals surface area contributed by atoms with Crippen LogP contribution in [0, 0.1) is 0 Å². The molecule has 2 unspecified atom stereocenters. The second kappa shape index (κ2) is 12.9. The number of hydrogen-bond donors (Lipinski definition) is 0. The molecule has 32 heavy (non-hydrogen) atoms. The van der Waals surface area contributed by atoms with Gasteiger partial charge in [-0.2, -0.15) is 0 Å². The Hall–Kier alpha value is -1.92. The second-order valence-corrected chi connectivity index (χ2v) is 8.92. The first-order chi connectivity index (χ1) is 15.1. The molecule has 1 aromatic carbocycles. The van der Waals surface area contributed by atoms with Crippen LogP contribution < -0.4 is 0 Å². The molecule has 0 amide bonds. The molecule has 1 rings (SSSR count). The second-order valence-electron chi connectivity index (χ2n) is 8.92. The summed E-state index contributed by atoms with van der Waals surface area (Å²) in [6.07, 6.45) is -0.496. The highest BCUT2D eigenvalue weighted by atomic mass is 16.6. The molecule has 0 saturated carbocycles. The molecule has 0 bridgehead atoms. The number of carbonyl (C=O) groups excluding carboxylic acids is 2. The molecule has 6 nitrogen and oxygen atoms in total. The van der Waals surface area contributed by atoms with Gasteiger partial charge >= 0.3 is 11.9 Å². The van der Waals surface area contributed by atoms with Crippen molar-refractivity contribution in [3.8, 4) is 0 Å². The van der Waals surface area contributed by atoms with Crippen LogP contribution in [-0.2, 0) is 9.47 Å². The largest absolute Gasteiger partial charge is 0.453 e. The van der Waals surface area contributed by atoms with Crippen molar-refractivity contribution in [1.82, 2.24) is 0 Å². The summed E-state index contributed by atoms with van der Waals surface area (Å²) < 4.78 is 13.3. The van der Waals surface area contributed by atoms with E-state index in [0.29, 0.717) is 0 Å². The Kier molecular flexibility index (Phi) is 11.4. The summed E-state index contributed by atoms with van der Waals surface area (Å²) in [4.78, 5) is 25.9. The number of quaternary nitrogens is 2. The Bertz CT molecular complexity index is 649. The molecule has 0 aliphatic heterocycles. The van der Waals surface area contributed by atoms with Crippen molar-refractivity contribution in [3.63, 3.8) is 0 Å². The molecule has 1 aromatic rings. The van der Waals surface area contributed by atoms with E-state index in [-0.39, 0.29) is 23.3 Å². The van der Waals surface area contributed by atoms with Crippen LogP contribution >= 0.6 is 0 Å². The van der Waals surface area contributed by atoms with E-state index < -0.39 is 11.9 Å². The van der Waals surface area contributed by atoms with E-state index in [1.165, 1.54) is 0 Å². The minimum atomic E-state index is -0.472. The van der Waals surface area contributed by atoms with Gasteiger partial charge in [0.2, 0.25) is 0 Å². The maximum atomic E-state index is 12.9. The van der Waals surface area contributed by atoms with Crippen molar-refractivity contribution >= 4 is 11.9 Å². The summed E-state index contributed by atoms with van der Waals surface area (Å²) in [6.45, 7) is 24.3. The number of carbonyl (C=O) groups is 2. The van der Waals surface area contributed by atoms with Crippen LogP contribution in [0.4, 0.5) is 0 Å². The van der Waals surface area contributed by atoms with Crippen LogP contribution in [0.3, 0.4) is 0 Å². The maximum Gasteiger partial charge on any atom is 0.339 e. The Labute approximate surface area is 195 Å². The fourth-order valence-corrected chi connectivity index (χ4v) is 4.61. The molecule has 0 aliphatic carbocycles. The van der Waals surface area contributed by atoms with Crippen molar-refractivity contribution < 1.29 is 28.0 Å². The number of hydrogen-bond acceptors (Lipinski definition) is 4. The molecule has 2 atom stereocenters. The van der Waals surface area contributed by atoms with Gasteiger partial charge in [0.1, 0.15) is 25.3 Å². The minimum absolute atomic E-state index is 0.248. The molecule has 0 aliphatic rings. The smallest absolute Gasteiger partial charge is 0.339 e. The van der Waals surface area contributed by atoms with Gasteiger partial charge in [-0.05, 0) is 67.5 Å². The van der Waals surface area contributed by atoms with E-state index in [2.05, 4.69) is 41.5 Å². The van der Waals surface area contributed by atoms with Crippen LogP contribution in [0.2, 0.25) is 0 Å². The van der Waals surface area contributed by atoms with Gasteiger partial charge in [-0.3, -0.25) is 0 Å². The predicted octanol–water partition coefficient (Wildman–Crippen LogP) is 4.53. The third-order valence-electron chi connectivity index (χ3n) is 7.30. The van der Waals surface area contributed by atoms with Crippen LogP contribution in [-0.4, -0.2) is 85.5 Å². The average molecular weight is 451 g/mol. The third kappa shape index (κ3) is 7.31. The van der Waals surface area contributed by atoms with Crippen molar-refractivity contribution in [2.45, 2.75) is 67.6 Å². The van der Waals surface area contributed by atoms with Crippen molar-refractivity contribution in [2.75, 3.05) is 52.4 Å². The van der Waals surface area contributed by atoms with Crippen LogP contribution in [0.15, 0.2) is 24.3 Å². The SMILES string of the molecule is CC[N+](CC)(CC)CC(C)OC(=O)c1ccccc1C(=O)OC(C)C[N+](CC)(CC)CC. The molecule has 0 spiro atoms. The van der Waals surface area contributed by atoms with Crippen LogP contribution in [0.25, 0.3) is 0 Å². The standard InChI is InChI=1S/C26H46N2O4/c1-9-27(10-2,11-3)19-21(7)31-25(29)23-17-15-16-18-24(23)26(30)32-22(8)20-28(12-4,13-5)14-6/h15-18,21-22H,9-14,19-20H2,1-8H3/q+2. The topological polar surface area (TPSA) is 52.6 Å². The lowest BCUT2D eigenvalue weighted by Gasteiger charge is -2.37. The number of ether oxygens (including phenoxy) is 2. The molecular formula is C26H46N2O4+2. The van der Waals surface area contributed by atoms with Gasteiger partial charge in [0.15, 0.2) is 0 Å². The maximum absolute atomic E-state index is 12.9. The summed E-state index contributed by atoms with van der Waals surface area (Å²) >= 11 is 0. The Balaban J connectivity index is 2.92. The summed E-state index contributed by atoms with van der Waals surface area (Å²) in [7, 11) is 0. The molecule has 0 aromatic heterocycles. The minimum Gasteiger partial charge on any atom is -0.453 e. The number of likely N-dealkylation sites (N-methyl/N-ethyl adjacent to an activating group) is 2. The van der Waals surface area contributed by atoms with Crippen molar-refractivity contribution in [3.05, 3.63) is 35.4 Å². The first-order valence-corrected chi connectivity index (χ1v) is 12.4. The number of rotatable bonds is 14. The Morgan fingerprint density at radius 1 is 0.656 bits per heavy atom. The van der Waals surface area contributed by atoms with Gasteiger partial charge in [-0.15, -0.1) is 0 Å². The van der Waals surface area contributed by atoms with E-state index in [0.717, 1.165) is 61.3 Å². The lowest BCUT2D eigenvalue weighted by atomic mass is 10.1. The highest BCUT2D eigenvalue weighted by Gasteiger charge is 2.29. The van der Waals surface area contributed by atoms with Crippen LogP contribution in [0.5, 0.6) is 0 Å². The molecule has 0 radical (unpaired) electrons. The average Bonchev–Trinajstić information content (AvgIpc) is 2.81. The molecule has 6 heteroatoms. The van der Waals surface area contributed by atoms with Crippen molar-refractivity contribution in [1.29, 1.82) is 0 Å². The summed E-state index contributed by atoms with van der Waals surface area (Å²) in [6, 6.07) is 6.78. The fraction of sp³-hybridized carbons (Fsp3) is 0.692. The zero-order valence-electron chi connectivity index (χ0n) is 21.6.